The van der Waals surface area contributed by atoms with Gasteiger partial charge >= 0.3 is 6.09 Å². The zero-order chi connectivity index (χ0) is 18.7. The summed E-state index contributed by atoms with van der Waals surface area (Å²) in [5.41, 5.74) is 4.30. The standard InChI is InChI=1S/C20H21F2NO3/c1-13(11-24)23(10-19(21)22)20(25)26-12-18-16-8-4-2-6-14(16)15-7-3-5-9-17(15)18/h2-9,13,18-19,24H,10-12H2,1H3. The topological polar surface area (TPSA) is 49.8 Å². The maximum atomic E-state index is 12.7. The number of hydrogen-bond donors (Lipinski definition) is 1. The van der Waals surface area contributed by atoms with E-state index in [1.165, 1.54) is 6.92 Å². The summed E-state index contributed by atoms with van der Waals surface area (Å²) in [5, 5.41) is 9.21. The van der Waals surface area contributed by atoms with Gasteiger partial charge in [-0.15, -0.1) is 0 Å². The van der Waals surface area contributed by atoms with Crippen LogP contribution in [0.1, 0.15) is 24.0 Å². The van der Waals surface area contributed by atoms with Crippen molar-refractivity contribution < 1.29 is 23.4 Å². The van der Waals surface area contributed by atoms with Crippen molar-refractivity contribution in [3.05, 3.63) is 59.7 Å². The minimum absolute atomic E-state index is 0.0603. The molecule has 0 radical (unpaired) electrons. The van der Waals surface area contributed by atoms with Crippen molar-refractivity contribution in [2.45, 2.75) is 25.3 Å². The lowest BCUT2D eigenvalue weighted by Gasteiger charge is -2.27. The Morgan fingerprint density at radius 2 is 1.65 bits per heavy atom. The SMILES string of the molecule is CC(CO)N(CC(F)F)C(=O)OCC1c2ccccc2-c2ccccc21. The van der Waals surface area contributed by atoms with Crippen molar-refractivity contribution in [2.24, 2.45) is 0 Å². The molecule has 1 N–H and O–H groups in total. The van der Waals surface area contributed by atoms with Crippen LogP contribution < -0.4 is 0 Å². The van der Waals surface area contributed by atoms with Crippen LogP contribution in [0.15, 0.2) is 48.5 Å². The van der Waals surface area contributed by atoms with E-state index in [-0.39, 0.29) is 12.5 Å². The number of alkyl halides is 2. The molecule has 1 aliphatic rings. The number of hydrogen-bond acceptors (Lipinski definition) is 3. The van der Waals surface area contributed by atoms with E-state index in [4.69, 9.17) is 4.74 Å². The van der Waals surface area contributed by atoms with E-state index >= 15 is 0 Å². The van der Waals surface area contributed by atoms with Gasteiger partial charge in [-0.1, -0.05) is 48.5 Å². The normalized spacial score (nSPS) is 14.0. The molecule has 1 amide bonds. The van der Waals surface area contributed by atoms with Gasteiger partial charge in [0.15, 0.2) is 0 Å². The van der Waals surface area contributed by atoms with Gasteiger partial charge in [-0.3, -0.25) is 4.90 Å². The van der Waals surface area contributed by atoms with Gasteiger partial charge in [0.05, 0.1) is 19.2 Å². The predicted octanol–water partition coefficient (Wildman–Crippen LogP) is 3.88. The molecule has 1 atom stereocenters. The van der Waals surface area contributed by atoms with Crippen molar-refractivity contribution in [2.75, 3.05) is 19.8 Å². The fraction of sp³-hybridized carbons (Fsp3) is 0.350. The maximum Gasteiger partial charge on any atom is 0.410 e. The lowest BCUT2D eigenvalue weighted by Crippen LogP contribution is -2.44. The number of rotatable bonds is 6. The summed E-state index contributed by atoms with van der Waals surface area (Å²) >= 11 is 0. The number of aliphatic hydroxyl groups is 1. The number of carbonyl (C=O) groups excluding carboxylic acids is 1. The Bertz CT molecular complexity index is 736. The number of nitrogens with zero attached hydrogens (tertiary/aromatic N) is 1. The summed E-state index contributed by atoms with van der Waals surface area (Å²) in [6.45, 7) is 0.393. The van der Waals surface area contributed by atoms with Crippen LogP contribution >= 0.6 is 0 Å². The molecular weight excluding hydrogens is 340 g/mol. The molecule has 0 aliphatic heterocycles. The lowest BCUT2D eigenvalue weighted by atomic mass is 9.98. The molecule has 3 rings (SSSR count). The fourth-order valence-electron chi connectivity index (χ4n) is 3.36. The quantitative estimate of drug-likeness (QED) is 0.849. The molecular formula is C20H21F2NO3. The minimum Gasteiger partial charge on any atom is -0.448 e. The second kappa shape index (κ2) is 7.83. The van der Waals surface area contributed by atoms with Crippen molar-refractivity contribution >= 4 is 6.09 Å². The van der Waals surface area contributed by atoms with E-state index < -0.39 is 31.7 Å². The summed E-state index contributed by atoms with van der Waals surface area (Å²) < 4.78 is 30.9. The summed E-state index contributed by atoms with van der Waals surface area (Å²) in [6.07, 6.45) is -3.53. The first-order valence-corrected chi connectivity index (χ1v) is 8.53. The van der Waals surface area contributed by atoms with Gasteiger partial charge in [-0.25, -0.2) is 13.6 Å². The average Bonchev–Trinajstić information content (AvgIpc) is 2.97. The van der Waals surface area contributed by atoms with E-state index in [1.807, 2.05) is 48.5 Å². The molecule has 0 spiro atoms. The van der Waals surface area contributed by atoms with Gasteiger partial charge in [-0.2, -0.15) is 0 Å². The van der Waals surface area contributed by atoms with Crippen LogP contribution in [-0.4, -0.2) is 48.3 Å². The third-order valence-corrected chi connectivity index (χ3v) is 4.70. The molecule has 0 saturated heterocycles. The number of amides is 1. The number of halogens is 2. The smallest absolute Gasteiger partial charge is 0.410 e. The Hall–Kier alpha value is -2.47. The monoisotopic (exact) mass is 361 g/mol. The first-order chi connectivity index (χ1) is 12.5. The van der Waals surface area contributed by atoms with Gasteiger partial charge in [0.25, 0.3) is 6.43 Å². The molecule has 26 heavy (non-hydrogen) atoms. The molecule has 1 unspecified atom stereocenters. The highest BCUT2D eigenvalue weighted by Crippen LogP contribution is 2.44. The summed E-state index contributed by atoms with van der Waals surface area (Å²) in [4.78, 5) is 13.2. The minimum atomic E-state index is -2.69. The number of fused-ring (bicyclic) bond motifs is 3. The highest BCUT2D eigenvalue weighted by Gasteiger charge is 2.31. The highest BCUT2D eigenvalue weighted by atomic mass is 19.3. The third kappa shape index (κ3) is 3.55. The van der Waals surface area contributed by atoms with Crippen LogP contribution in [-0.2, 0) is 4.74 Å². The van der Waals surface area contributed by atoms with Crippen LogP contribution in [0.5, 0.6) is 0 Å². The van der Waals surface area contributed by atoms with Gasteiger partial charge in [-0.05, 0) is 29.2 Å². The summed E-state index contributed by atoms with van der Waals surface area (Å²) in [7, 11) is 0. The van der Waals surface area contributed by atoms with Crippen molar-refractivity contribution in [1.82, 2.24) is 4.90 Å². The Balaban J connectivity index is 1.78. The first kappa shape index (κ1) is 18.3. The number of benzene rings is 2. The Morgan fingerprint density at radius 3 is 2.15 bits per heavy atom. The largest absolute Gasteiger partial charge is 0.448 e. The van der Waals surface area contributed by atoms with Crippen molar-refractivity contribution in [3.8, 4) is 11.1 Å². The molecule has 2 aromatic carbocycles. The molecule has 6 heteroatoms. The first-order valence-electron chi connectivity index (χ1n) is 8.53. The van der Waals surface area contributed by atoms with Crippen molar-refractivity contribution in [1.29, 1.82) is 0 Å². The van der Waals surface area contributed by atoms with Crippen LogP contribution in [0.4, 0.5) is 13.6 Å². The van der Waals surface area contributed by atoms with Gasteiger partial charge in [0.1, 0.15) is 6.61 Å². The van der Waals surface area contributed by atoms with E-state index in [0.717, 1.165) is 27.2 Å². The van der Waals surface area contributed by atoms with E-state index in [1.54, 1.807) is 0 Å². The molecule has 4 nitrogen and oxygen atoms in total. The molecule has 1 aliphatic carbocycles. The Kier molecular flexibility index (Phi) is 5.52. The molecule has 0 fully saturated rings. The van der Waals surface area contributed by atoms with E-state index in [2.05, 4.69) is 0 Å². The van der Waals surface area contributed by atoms with Crippen LogP contribution in [0.3, 0.4) is 0 Å². The molecule has 0 aromatic heterocycles. The maximum absolute atomic E-state index is 12.7. The van der Waals surface area contributed by atoms with Gasteiger partial charge in [0.2, 0.25) is 0 Å². The zero-order valence-corrected chi connectivity index (χ0v) is 14.4. The molecule has 0 bridgehead atoms. The van der Waals surface area contributed by atoms with Crippen LogP contribution in [0.2, 0.25) is 0 Å². The van der Waals surface area contributed by atoms with E-state index in [0.29, 0.717) is 0 Å². The number of ether oxygens (including phenoxy) is 1. The fourth-order valence-corrected chi connectivity index (χ4v) is 3.36. The van der Waals surface area contributed by atoms with Crippen LogP contribution in [0, 0.1) is 0 Å². The molecule has 0 saturated carbocycles. The third-order valence-electron chi connectivity index (χ3n) is 4.70. The Morgan fingerprint density at radius 1 is 1.12 bits per heavy atom. The van der Waals surface area contributed by atoms with E-state index in [9.17, 15) is 18.7 Å². The van der Waals surface area contributed by atoms with Gasteiger partial charge in [0, 0.05) is 5.92 Å². The Labute approximate surface area is 151 Å². The van der Waals surface area contributed by atoms with Crippen molar-refractivity contribution in [3.63, 3.8) is 0 Å². The predicted molar refractivity (Wildman–Crippen MR) is 94.3 cm³/mol. The molecule has 138 valence electrons. The van der Waals surface area contributed by atoms with Crippen LogP contribution in [0.25, 0.3) is 11.1 Å². The zero-order valence-electron chi connectivity index (χ0n) is 14.4. The molecule has 0 heterocycles. The number of aliphatic hydroxyl groups excluding tert-OH is 1. The number of carbonyl (C=O) groups is 1. The lowest BCUT2D eigenvalue weighted by molar-refractivity contribution is 0.0337. The highest BCUT2D eigenvalue weighted by molar-refractivity contribution is 5.79. The summed E-state index contributed by atoms with van der Waals surface area (Å²) in [5.74, 6) is -0.135. The van der Waals surface area contributed by atoms with Gasteiger partial charge < -0.3 is 9.84 Å². The summed E-state index contributed by atoms with van der Waals surface area (Å²) in [6, 6.07) is 15.0. The second-order valence-corrected chi connectivity index (χ2v) is 6.38. The average molecular weight is 361 g/mol. The second-order valence-electron chi connectivity index (χ2n) is 6.38. The molecule has 2 aromatic rings.